The third-order valence-electron chi connectivity index (χ3n) is 5.33. The lowest BCUT2D eigenvalue weighted by Gasteiger charge is -2.35. The molecule has 4 rings (SSSR count). The van der Waals surface area contributed by atoms with Crippen LogP contribution in [0.1, 0.15) is 55.3 Å². The number of allylic oxidation sites excluding steroid dienone is 2. The Morgan fingerprint density at radius 2 is 1.96 bits per heavy atom. The summed E-state index contributed by atoms with van der Waals surface area (Å²) in [5, 5.41) is 16.9. The summed E-state index contributed by atoms with van der Waals surface area (Å²) < 4.78 is 5.47. The molecule has 0 fully saturated rings. The number of carbonyl (C=O) groups is 1. The fourth-order valence-corrected chi connectivity index (χ4v) is 4.17. The van der Waals surface area contributed by atoms with Crippen LogP contribution in [0, 0.1) is 12.8 Å². The number of aryl methyl sites for hydroxylation is 1. The first-order valence-corrected chi connectivity index (χ1v) is 8.74. The summed E-state index contributed by atoms with van der Waals surface area (Å²) in [5.74, 6) is 1.54. The Kier molecular flexibility index (Phi) is 3.67. The SMILES string of the molecule is Cc1noc2c1[C@H](C(C)C)C1=C(C[C@@H](c3ccc(O)cc3)CC1=O)N2. The number of phenolic OH excluding ortho intramolecular Hbond substituents is 1. The number of nitrogens with one attached hydrogen (secondary N) is 1. The molecule has 1 aliphatic carbocycles. The van der Waals surface area contributed by atoms with Crippen molar-refractivity contribution in [3.8, 4) is 5.75 Å². The van der Waals surface area contributed by atoms with Gasteiger partial charge in [-0.05, 0) is 42.9 Å². The van der Waals surface area contributed by atoms with Gasteiger partial charge >= 0.3 is 0 Å². The van der Waals surface area contributed by atoms with Gasteiger partial charge < -0.3 is 14.9 Å². The maximum Gasteiger partial charge on any atom is 0.232 e. The van der Waals surface area contributed by atoms with Crippen LogP contribution in [-0.4, -0.2) is 16.0 Å². The van der Waals surface area contributed by atoms with Crippen molar-refractivity contribution in [1.82, 2.24) is 5.16 Å². The van der Waals surface area contributed by atoms with Crippen LogP contribution in [0.4, 0.5) is 5.88 Å². The van der Waals surface area contributed by atoms with E-state index in [2.05, 4.69) is 24.3 Å². The minimum atomic E-state index is 0.0331. The highest BCUT2D eigenvalue weighted by Crippen LogP contribution is 2.49. The van der Waals surface area contributed by atoms with Crippen molar-refractivity contribution in [2.75, 3.05) is 5.32 Å². The van der Waals surface area contributed by atoms with Gasteiger partial charge in [-0.1, -0.05) is 31.1 Å². The molecule has 25 heavy (non-hydrogen) atoms. The van der Waals surface area contributed by atoms with Crippen LogP contribution < -0.4 is 5.32 Å². The highest BCUT2D eigenvalue weighted by Gasteiger charge is 2.41. The van der Waals surface area contributed by atoms with Gasteiger partial charge in [-0.25, -0.2) is 0 Å². The van der Waals surface area contributed by atoms with E-state index in [-0.39, 0.29) is 29.3 Å². The Morgan fingerprint density at radius 3 is 2.64 bits per heavy atom. The van der Waals surface area contributed by atoms with E-state index in [4.69, 9.17) is 4.52 Å². The molecule has 0 saturated heterocycles. The molecule has 0 saturated carbocycles. The molecule has 2 N–H and O–H groups in total. The molecule has 0 radical (unpaired) electrons. The Bertz CT molecular complexity index is 862. The van der Waals surface area contributed by atoms with Crippen molar-refractivity contribution in [2.45, 2.75) is 45.4 Å². The smallest absolute Gasteiger partial charge is 0.232 e. The molecule has 0 unspecified atom stereocenters. The van der Waals surface area contributed by atoms with Gasteiger partial charge in [0.1, 0.15) is 5.75 Å². The molecule has 130 valence electrons. The number of anilines is 1. The lowest BCUT2D eigenvalue weighted by Crippen LogP contribution is -2.31. The molecule has 1 aromatic carbocycles. The van der Waals surface area contributed by atoms with E-state index in [1.54, 1.807) is 12.1 Å². The lowest BCUT2D eigenvalue weighted by atomic mass is 9.71. The number of nitrogens with zero attached hydrogens (tertiary/aromatic N) is 1. The summed E-state index contributed by atoms with van der Waals surface area (Å²) in [7, 11) is 0. The quantitative estimate of drug-likeness (QED) is 0.856. The summed E-state index contributed by atoms with van der Waals surface area (Å²) in [6, 6.07) is 7.14. The van der Waals surface area contributed by atoms with Crippen LogP contribution in [0.3, 0.4) is 0 Å². The monoisotopic (exact) mass is 338 g/mol. The second-order valence-electron chi connectivity index (χ2n) is 7.37. The molecule has 0 bridgehead atoms. The Hall–Kier alpha value is -2.56. The highest BCUT2D eigenvalue weighted by atomic mass is 16.5. The zero-order valence-electron chi connectivity index (χ0n) is 14.7. The van der Waals surface area contributed by atoms with Gasteiger partial charge in [0.25, 0.3) is 0 Å². The van der Waals surface area contributed by atoms with E-state index >= 15 is 0 Å². The van der Waals surface area contributed by atoms with Gasteiger partial charge in [-0.15, -0.1) is 0 Å². The van der Waals surface area contributed by atoms with E-state index < -0.39 is 0 Å². The molecule has 1 aliphatic heterocycles. The number of rotatable bonds is 2. The number of ketones is 1. The van der Waals surface area contributed by atoms with Crippen LogP contribution >= 0.6 is 0 Å². The maximum atomic E-state index is 13.0. The molecule has 2 aliphatic rings. The van der Waals surface area contributed by atoms with Gasteiger partial charge in [0.15, 0.2) is 5.78 Å². The summed E-state index contributed by atoms with van der Waals surface area (Å²) in [4.78, 5) is 13.0. The highest BCUT2D eigenvalue weighted by molar-refractivity contribution is 6.00. The molecule has 5 nitrogen and oxygen atoms in total. The van der Waals surface area contributed by atoms with Crippen LogP contribution in [0.5, 0.6) is 5.75 Å². The second-order valence-corrected chi connectivity index (χ2v) is 7.37. The zero-order valence-corrected chi connectivity index (χ0v) is 14.7. The third kappa shape index (κ3) is 2.54. The molecule has 0 amide bonds. The number of carbonyl (C=O) groups excluding carboxylic acids is 1. The number of hydrogen-bond acceptors (Lipinski definition) is 5. The fraction of sp³-hybridized carbons (Fsp3) is 0.400. The van der Waals surface area contributed by atoms with Crippen LogP contribution in [0.25, 0.3) is 0 Å². The van der Waals surface area contributed by atoms with E-state index in [0.29, 0.717) is 12.3 Å². The van der Waals surface area contributed by atoms with Gasteiger partial charge in [0, 0.05) is 29.2 Å². The standard InChI is InChI=1S/C20H22N2O3/c1-10(2)17-18-11(3)22-25-20(18)21-15-8-13(9-16(24)19(15)17)12-4-6-14(23)7-5-12/h4-7,10,13,17,21,23H,8-9H2,1-3H3/t13-,17+/m1/s1. The molecule has 1 aromatic heterocycles. The van der Waals surface area contributed by atoms with Crippen molar-refractivity contribution in [2.24, 2.45) is 5.92 Å². The minimum absolute atomic E-state index is 0.0331. The molecule has 2 atom stereocenters. The molecule has 5 heteroatoms. The number of benzene rings is 1. The first-order chi connectivity index (χ1) is 12.0. The Labute approximate surface area is 146 Å². The molecular formula is C20H22N2O3. The first kappa shape index (κ1) is 15.9. The number of aromatic nitrogens is 1. The minimum Gasteiger partial charge on any atom is -0.508 e. The predicted molar refractivity (Wildman–Crippen MR) is 94.6 cm³/mol. The topological polar surface area (TPSA) is 75.4 Å². The molecule has 2 aromatic rings. The summed E-state index contributed by atoms with van der Waals surface area (Å²) in [5.41, 5.74) is 4.78. The van der Waals surface area contributed by atoms with Gasteiger partial charge in [-0.2, -0.15) is 0 Å². The number of Topliss-reactive ketones (excluding diaryl/α,β-unsaturated/α-hetero) is 1. The van der Waals surface area contributed by atoms with E-state index in [0.717, 1.165) is 34.5 Å². The average Bonchev–Trinajstić information content (AvgIpc) is 2.94. The Morgan fingerprint density at radius 1 is 1.24 bits per heavy atom. The normalized spacial score (nSPS) is 22.6. The van der Waals surface area contributed by atoms with Gasteiger partial charge in [0.05, 0.1) is 5.69 Å². The molecule has 2 heterocycles. The van der Waals surface area contributed by atoms with E-state index in [9.17, 15) is 9.90 Å². The van der Waals surface area contributed by atoms with Crippen molar-refractivity contribution >= 4 is 11.7 Å². The molecule has 0 spiro atoms. The third-order valence-corrected chi connectivity index (χ3v) is 5.33. The first-order valence-electron chi connectivity index (χ1n) is 8.74. The Balaban J connectivity index is 1.74. The summed E-state index contributed by atoms with van der Waals surface area (Å²) in [6.07, 6.45) is 1.25. The van der Waals surface area contributed by atoms with Crippen LogP contribution in [0.15, 0.2) is 40.1 Å². The van der Waals surface area contributed by atoms with Gasteiger partial charge in [-0.3, -0.25) is 4.79 Å². The van der Waals surface area contributed by atoms with Crippen LogP contribution in [-0.2, 0) is 4.79 Å². The summed E-state index contributed by atoms with van der Waals surface area (Å²) >= 11 is 0. The van der Waals surface area contributed by atoms with Crippen molar-refractivity contribution in [3.63, 3.8) is 0 Å². The number of hydrogen-bond donors (Lipinski definition) is 2. The molecular weight excluding hydrogens is 316 g/mol. The predicted octanol–water partition coefficient (Wildman–Crippen LogP) is 4.25. The second kappa shape index (κ2) is 5.76. The van der Waals surface area contributed by atoms with Gasteiger partial charge in [0.2, 0.25) is 5.88 Å². The zero-order chi connectivity index (χ0) is 17.7. The van der Waals surface area contributed by atoms with E-state index in [1.807, 2.05) is 19.1 Å². The van der Waals surface area contributed by atoms with Crippen molar-refractivity contribution < 1.29 is 14.4 Å². The number of aromatic hydroxyl groups is 1. The number of fused-ring (bicyclic) bond motifs is 1. The fourth-order valence-electron chi connectivity index (χ4n) is 4.17. The van der Waals surface area contributed by atoms with E-state index in [1.165, 1.54) is 0 Å². The lowest BCUT2D eigenvalue weighted by molar-refractivity contribution is -0.116. The van der Waals surface area contributed by atoms with Crippen molar-refractivity contribution in [1.29, 1.82) is 0 Å². The average molecular weight is 338 g/mol. The van der Waals surface area contributed by atoms with Crippen LogP contribution in [0.2, 0.25) is 0 Å². The summed E-state index contributed by atoms with van der Waals surface area (Å²) in [6.45, 7) is 6.20. The number of phenols is 1. The van der Waals surface area contributed by atoms with Crippen molar-refractivity contribution in [3.05, 3.63) is 52.4 Å². The largest absolute Gasteiger partial charge is 0.508 e. The maximum absolute atomic E-state index is 13.0.